The van der Waals surface area contributed by atoms with Crippen molar-refractivity contribution in [2.45, 2.75) is 26.2 Å². The van der Waals surface area contributed by atoms with Crippen LogP contribution in [0, 0.1) is 0 Å². The number of ether oxygens (including phenoxy) is 1. The topological polar surface area (TPSA) is 29.5 Å². The van der Waals surface area contributed by atoms with E-state index in [1.807, 2.05) is 0 Å². The minimum atomic E-state index is 0.356. The predicted molar refractivity (Wildman–Crippen MR) is 54.0 cm³/mol. The summed E-state index contributed by atoms with van der Waals surface area (Å²) in [5.74, 6) is 0.356. The Hall–Kier alpha value is -0.830. The molecule has 1 aliphatic carbocycles. The van der Waals surface area contributed by atoms with Crippen LogP contribution in [0.25, 0.3) is 0 Å². The van der Waals surface area contributed by atoms with Crippen LogP contribution >= 0.6 is 0 Å². The summed E-state index contributed by atoms with van der Waals surface area (Å²) in [6, 6.07) is 0. The minimum Gasteiger partial charge on any atom is -0.378 e. The fraction of sp³-hybridized carbons (Fsp3) is 0.727. The standard InChI is InChI=1S/C11H17NO2/c1-2-9-10(3-4-11(9)13)12-5-7-14-8-6-12/h2-8H2,1H3. The number of allylic oxidation sites excluding steroid dienone is 2. The highest BCUT2D eigenvalue weighted by molar-refractivity contribution is 5.98. The summed E-state index contributed by atoms with van der Waals surface area (Å²) in [7, 11) is 0. The first kappa shape index (κ1) is 9.71. The molecular formula is C11H17NO2. The van der Waals surface area contributed by atoms with Crippen LogP contribution in [0.1, 0.15) is 26.2 Å². The average Bonchev–Trinajstić information content (AvgIpc) is 2.61. The summed E-state index contributed by atoms with van der Waals surface area (Å²) in [5.41, 5.74) is 2.35. The average molecular weight is 195 g/mol. The van der Waals surface area contributed by atoms with Gasteiger partial charge in [-0.3, -0.25) is 4.79 Å². The second-order valence-corrected chi connectivity index (χ2v) is 3.80. The first-order valence-electron chi connectivity index (χ1n) is 5.41. The van der Waals surface area contributed by atoms with Crippen LogP contribution in [0.4, 0.5) is 0 Å². The molecule has 0 atom stereocenters. The second-order valence-electron chi connectivity index (χ2n) is 3.80. The van der Waals surface area contributed by atoms with Crippen molar-refractivity contribution in [2.75, 3.05) is 26.3 Å². The molecule has 0 radical (unpaired) electrons. The van der Waals surface area contributed by atoms with Gasteiger partial charge in [0.05, 0.1) is 13.2 Å². The zero-order valence-electron chi connectivity index (χ0n) is 8.71. The number of rotatable bonds is 2. The van der Waals surface area contributed by atoms with E-state index in [4.69, 9.17) is 4.74 Å². The Balaban J connectivity index is 2.14. The maximum absolute atomic E-state index is 11.5. The Morgan fingerprint density at radius 2 is 2.00 bits per heavy atom. The van der Waals surface area contributed by atoms with Gasteiger partial charge in [0.2, 0.25) is 0 Å². The SMILES string of the molecule is CCC1=C(N2CCOCC2)CCC1=O. The van der Waals surface area contributed by atoms with Crippen LogP contribution in [0.15, 0.2) is 11.3 Å². The molecule has 0 N–H and O–H groups in total. The number of carbonyl (C=O) groups excluding carboxylic acids is 1. The van der Waals surface area contributed by atoms with E-state index in [0.29, 0.717) is 5.78 Å². The molecule has 78 valence electrons. The lowest BCUT2D eigenvalue weighted by molar-refractivity contribution is -0.115. The molecule has 0 spiro atoms. The van der Waals surface area contributed by atoms with Crippen molar-refractivity contribution in [1.82, 2.24) is 4.90 Å². The molecule has 1 fully saturated rings. The van der Waals surface area contributed by atoms with Gasteiger partial charge in [-0.1, -0.05) is 6.92 Å². The zero-order valence-corrected chi connectivity index (χ0v) is 8.71. The molecule has 0 amide bonds. The van der Waals surface area contributed by atoms with Gasteiger partial charge in [-0.25, -0.2) is 0 Å². The number of morpholine rings is 1. The van der Waals surface area contributed by atoms with Gasteiger partial charge >= 0.3 is 0 Å². The highest BCUT2D eigenvalue weighted by Gasteiger charge is 2.26. The highest BCUT2D eigenvalue weighted by Crippen LogP contribution is 2.28. The summed E-state index contributed by atoms with van der Waals surface area (Å²) in [6.45, 7) is 5.57. The summed E-state index contributed by atoms with van der Waals surface area (Å²) in [4.78, 5) is 13.9. The molecule has 2 aliphatic rings. The normalized spacial score (nSPS) is 23.5. The van der Waals surface area contributed by atoms with Crippen LogP contribution in [0.2, 0.25) is 0 Å². The lowest BCUT2D eigenvalue weighted by Gasteiger charge is -2.30. The third-order valence-corrected chi connectivity index (χ3v) is 3.02. The van der Waals surface area contributed by atoms with Gasteiger partial charge in [0.15, 0.2) is 5.78 Å². The molecule has 1 heterocycles. The quantitative estimate of drug-likeness (QED) is 0.666. The van der Waals surface area contributed by atoms with E-state index in [1.54, 1.807) is 0 Å². The summed E-state index contributed by atoms with van der Waals surface area (Å²) in [6.07, 6.45) is 2.55. The van der Waals surface area contributed by atoms with E-state index in [-0.39, 0.29) is 0 Å². The van der Waals surface area contributed by atoms with Crippen LogP contribution in [-0.4, -0.2) is 37.0 Å². The number of ketones is 1. The molecule has 0 aromatic rings. The Morgan fingerprint density at radius 3 is 2.64 bits per heavy atom. The molecule has 0 saturated carbocycles. The molecule has 1 aliphatic heterocycles. The first-order chi connectivity index (χ1) is 6.83. The van der Waals surface area contributed by atoms with Crippen molar-refractivity contribution < 1.29 is 9.53 Å². The van der Waals surface area contributed by atoms with E-state index in [0.717, 1.165) is 51.1 Å². The minimum absolute atomic E-state index is 0.356. The molecule has 3 nitrogen and oxygen atoms in total. The second kappa shape index (κ2) is 4.13. The molecular weight excluding hydrogens is 178 g/mol. The Bertz CT molecular complexity index is 264. The highest BCUT2D eigenvalue weighted by atomic mass is 16.5. The van der Waals surface area contributed by atoms with Crippen LogP contribution in [0.5, 0.6) is 0 Å². The number of nitrogens with zero attached hydrogens (tertiary/aromatic N) is 1. The lowest BCUT2D eigenvalue weighted by atomic mass is 10.1. The molecule has 3 heteroatoms. The van der Waals surface area contributed by atoms with E-state index >= 15 is 0 Å². The van der Waals surface area contributed by atoms with Gasteiger partial charge in [-0.2, -0.15) is 0 Å². The van der Waals surface area contributed by atoms with Gasteiger partial charge in [-0.05, 0) is 12.8 Å². The molecule has 1 saturated heterocycles. The Kier molecular flexibility index (Phi) is 2.87. The fourth-order valence-corrected chi connectivity index (χ4v) is 2.28. The number of hydrogen-bond donors (Lipinski definition) is 0. The van der Waals surface area contributed by atoms with Crippen molar-refractivity contribution in [3.8, 4) is 0 Å². The molecule has 0 unspecified atom stereocenters. The number of Topliss-reactive ketones (excluding diaryl/α,β-unsaturated/α-hetero) is 1. The van der Waals surface area contributed by atoms with E-state index in [1.165, 1.54) is 5.70 Å². The molecule has 0 aromatic carbocycles. The molecule has 0 bridgehead atoms. The van der Waals surface area contributed by atoms with Crippen molar-refractivity contribution in [3.63, 3.8) is 0 Å². The first-order valence-corrected chi connectivity index (χ1v) is 5.41. The van der Waals surface area contributed by atoms with Gasteiger partial charge in [-0.15, -0.1) is 0 Å². The Morgan fingerprint density at radius 1 is 1.29 bits per heavy atom. The van der Waals surface area contributed by atoms with Gasteiger partial charge in [0, 0.05) is 30.8 Å². The van der Waals surface area contributed by atoms with E-state index < -0.39 is 0 Å². The maximum Gasteiger partial charge on any atom is 0.160 e. The summed E-state index contributed by atoms with van der Waals surface area (Å²) >= 11 is 0. The third-order valence-electron chi connectivity index (χ3n) is 3.02. The summed E-state index contributed by atoms with van der Waals surface area (Å²) < 4.78 is 5.31. The monoisotopic (exact) mass is 195 g/mol. The van der Waals surface area contributed by atoms with Crippen molar-refractivity contribution >= 4 is 5.78 Å². The maximum atomic E-state index is 11.5. The molecule has 14 heavy (non-hydrogen) atoms. The van der Waals surface area contributed by atoms with Crippen LogP contribution in [-0.2, 0) is 9.53 Å². The number of carbonyl (C=O) groups is 1. The van der Waals surface area contributed by atoms with E-state index in [9.17, 15) is 4.79 Å². The number of hydrogen-bond acceptors (Lipinski definition) is 3. The van der Waals surface area contributed by atoms with Gasteiger partial charge in [0.25, 0.3) is 0 Å². The van der Waals surface area contributed by atoms with Crippen molar-refractivity contribution in [1.29, 1.82) is 0 Å². The van der Waals surface area contributed by atoms with Crippen LogP contribution in [0.3, 0.4) is 0 Å². The zero-order chi connectivity index (χ0) is 9.97. The molecule has 0 aromatic heterocycles. The lowest BCUT2D eigenvalue weighted by Crippen LogP contribution is -2.35. The van der Waals surface area contributed by atoms with Crippen molar-refractivity contribution in [3.05, 3.63) is 11.3 Å². The predicted octanol–water partition coefficient (Wildman–Crippen LogP) is 1.35. The third kappa shape index (κ3) is 1.69. The van der Waals surface area contributed by atoms with Gasteiger partial charge < -0.3 is 9.64 Å². The smallest absolute Gasteiger partial charge is 0.160 e. The van der Waals surface area contributed by atoms with Gasteiger partial charge in [0.1, 0.15) is 0 Å². The largest absolute Gasteiger partial charge is 0.378 e. The van der Waals surface area contributed by atoms with Crippen LogP contribution < -0.4 is 0 Å². The van der Waals surface area contributed by atoms with E-state index in [2.05, 4.69) is 11.8 Å². The van der Waals surface area contributed by atoms with Crippen molar-refractivity contribution in [2.24, 2.45) is 0 Å². The summed E-state index contributed by atoms with van der Waals surface area (Å²) in [5, 5.41) is 0. The Labute approximate surface area is 84.7 Å². The fourth-order valence-electron chi connectivity index (χ4n) is 2.28. The molecule has 2 rings (SSSR count).